The fraction of sp³-hybridized carbons (Fsp3) is 0. The molecule has 0 spiro atoms. The van der Waals surface area contributed by atoms with E-state index in [4.69, 9.17) is 0 Å². The molecule has 2 heterocycles. The lowest BCUT2D eigenvalue weighted by molar-refractivity contribution is -0.385. The van der Waals surface area contributed by atoms with E-state index in [-0.39, 0.29) is 5.69 Å². The van der Waals surface area contributed by atoms with Crippen molar-refractivity contribution in [3.8, 4) is 5.69 Å². The van der Waals surface area contributed by atoms with Crippen LogP contribution in [0.5, 0.6) is 0 Å². The van der Waals surface area contributed by atoms with Crippen molar-refractivity contribution in [2.24, 2.45) is 0 Å². The van der Waals surface area contributed by atoms with Gasteiger partial charge in [0.05, 0.1) is 22.3 Å². The van der Waals surface area contributed by atoms with Crippen LogP contribution in [0.3, 0.4) is 0 Å². The molecule has 0 saturated heterocycles. The van der Waals surface area contributed by atoms with Crippen LogP contribution in [0.15, 0.2) is 42.7 Å². The van der Waals surface area contributed by atoms with Crippen molar-refractivity contribution >= 4 is 39.2 Å². The second-order valence-electron chi connectivity index (χ2n) is 3.88. The van der Waals surface area contributed by atoms with Crippen LogP contribution in [0, 0.1) is 13.8 Å². The Hall–Kier alpha value is -2.03. The van der Waals surface area contributed by atoms with Gasteiger partial charge in [-0.15, -0.1) is 0 Å². The first-order chi connectivity index (χ1) is 9.16. The van der Waals surface area contributed by atoms with Crippen LogP contribution in [0.2, 0.25) is 0 Å². The number of para-hydroxylation sites is 1. The number of nitrogens with zero attached hydrogens (tertiary/aromatic N) is 4. The van der Waals surface area contributed by atoms with Gasteiger partial charge in [-0.2, -0.15) is 5.10 Å². The number of hydrogen-bond donors (Lipinski definition) is 0. The van der Waals surface area contributed by atoms with Gasteiger partial charge in [0.1, 0.15) is 9.90 Å². The maximum Gasteiger partial charge on any atom is 0.289 e. The Kier molecular flexibility index (Phi) is 2.90. The van der Waals surface area contributed by atoms with Crippen molar-refractivity contribution in [3.05, 3.63) is 56.5 Å². The molecule has 1 aromatic carbocycles. The molecule has 3 aromatic rings. The number of pyridine rings is 1. The van der Waals surface area contributed by atoms with Gasteiger partial charge in [-0.05, 0) is 28.7 Å². The largest absolute Gasteiger partial charge is 0.289 e. The van der Waals surface area contributed by atoms with Gasteiger partial charge in [0.15, 0.2) is 0 Å². The number of halogens is 1. The van der Waals surface area contributed by atoms with Gasteiger partial charge >= 0.3 is 0 Å². The summed E-state index contributed by atoms with van der Waals surface area (Å²) in [7, 11) is 0. The molecule has 7 heteroatoms. The lowest BCUT2D eigenvalue weighted by atomic mass is 10.2. The Morgan fingerprint density at radius 1 is 1.26 bits per heavy atom. The monoisotopic (exact) mass is 366 g/mol. The van der Waals surface area contributed by atoms with E-state index in [9.17, 15) is 10.1 Å². The van der Waals surface area contributed by atoms with Crippen molar-refractivity contribution in [2.45, 2.75) is 0 Å². The van der Waals surface area contributed by atoms with Gasteiger partial charge in [-0.1, -0.05) is 18.2 Å². The molecule has 0 N–H and O–H groups in total. The molecule has 0 atom stereocenters. The van der Waals surface area contributed by atoms with Gasteiger partial charge in [-0.3, -0.25) is 15.1 Å². The fourth-order valence-corrected chi connectivity index (χ4v) is 2.53. The molecule has 0 aliphatic heterocycles. The average molecular weight is 366 g/mol. The smallest absolute Gasteiger partial charge is 0.258 e. The molecule has 19 heavy (non-hydrogen) atoms. The maximum absolute atomic E-state index is 10.8. The minimum atomic E-state index is -0.465. The molecule has 0 aliphatic carbocycles. The summed E-state index contributed by atoms with van der Waals surface area (Å²) in [4.78, 5) is 14.2. The highest BCUT2D eigenvalue weighted by atomic mass is 127. The minimum Gasteiger partial charge on any atom is -0.258 e. The van der Waals surface area contributed by atoms with Gasteiger partial charge in [0.25, 0.3) is 5.69 Å². The number of aromatic nitrogens is 3. The predicted octanol–water partition coefficient (Wildman–Crippen LogP) is 2.93. The molecule has 94 valence electrons. The topological polar surface area (TPSA) is 73.8 Å². The van der Waals surface area contributed by atoms with Crippen molar-refractivity contribution in [2.75, 3.05) is 0 Å². The minimum absolute atomic E-state index is 0.0490. The van der Waals surface area contributed by atoms with E-state index >= 15 is 0 Å². The Morgan fingerprint density at radius 2 is 2.05 bits per heavy atom. The van der Waals surface area contributed by atoms with Crippen LogP contribution in [0.25, 0.3) is 16.6 Å². The molecule has 0 unspecified atom stereocenters. The van der Waals surface area contributed by atoms with Gasteiger partial charge in [0, 0.05) is 11.5 Å². The first-order valence-electron chi connectivity index (χ1n) is 5.40. The molecule has 0 radical (unpaired) electrons. The van der Waals surface area contributed by atoms with Crippen LogP contribution in [0.1, 0.15) is 0 Å². The molecule has 3 rings (SSSR count). The van der Waals surface area contributed by atoms with Crippen molar-refractivity contribution < 1.29 is 4.92 Å². The van der Waals surface area contributed by atoms with Crippen molar-refractivity contribution in [1.29, 1.82) is 0 Å². The van der Waals surface area contributed by atoms with E-state index in [1.54, 1.807) is 10.9 Å². The van der Waals surface area contributed by atoms with Crippen molar-refractivity contribution in [1.82, 2.24) is 14.8 Å². The second kappa shape index (κ2) is 4.57. The summed E-state index contributed by atoms with van der Waals surface area (Å²) < 4.78 is 2.51. The standard InChI is InChI=1S/C12H7IN4O2/c13-12-10-3-1-2-4-11(10)16(15-12)8-5-9(17(18)19)7-14-6-8/h1-7H. The summed E-state index contributed by atoms with van der Waals surface area (Å²) >= 11 is 2.14. The molecular weight excluding hydrogens is 359 g/mol. The third kappa shape index (κ3) is 2.05. The lowest BCUT2D eigenvalue weighted by Gasteiger charge is -2.02. The molecule has 0 bridgehead atoms. The average Bonchev–Trinajstić information content (AvgIpc) is 2.77. The van der Waals surface area contributed by atoms with E-state index in [1.807, 2.05) is 24.3 Å². The highest BCUT2D eigenvalue weighted by Gasteiger charge is 2.12. The van der Waals surface area contributed by atoms with E-state index in [1.165, 1.54) is 12.3 Å². The molecule has 0 aliphatic rings. The molecule has 0 fully saturated rings. The second-order valence-corrected chi connectivity index (χ2v) is 4.90. The van der Waals surface area contributed by atoms with Crippen LogP contribution in [0.4, 0.5) is 5.69 Å². The Labute approximate surface area is 121 Å². The van der Waals surface area contributed by atoms with Gasteiger partial charge in [-0.25, -0.2) is 4.68 Å². The summed E-state index contributed by atoms with van der Waals surface area (Å²) in [6, 6.07) is 9.18. The molecule has 0 saturated carbocycles. The summed E-state index contributed by atoms with van der Waals surface area (Å²) in [6.07, 6.45) is 2.78. The zero-order valence-corrected chi connectivity index (χ0v) is 11.7. The maximum atomic E-state index is 10.8. The first-order valence-corrected chi connectivity index (χ1v) is 6.48. The lowest BCUT2D eigenvalue weighted by Crippen LogP contribution is -1.99. The van der Waals surface area contributed by atoms with E-state index < -0.39 is 4.92 Å². The summed E-state index contributed by atoms with van der Waals surface area (Å²) in [5.41, 5.74) is 1.43. The predicted molar refractivity (Wildman–Crippen MR) is 78.2 cm³/mol. The Bertz CT molecular complexity index is 784. The van der Waals surface area contributed by atoms with Crippen molar-refractivity contribution in [3.63, 3.8) is 0 Å². The van der Waals surface area contributed by atoms with Crippen LogP contribution < -0.4 is 0 Å². The van der Waals surface area contributed by atoms with E-state index in [0.717, 1.165) is 14.6 Å². The molecular formula is C12H7IN4O2. The van der Waals surface area contributed by atoms with Gasteiger partial charge in [0.2, 0.25) is 0 Å². The van der Waals surface area contributed by atoms with Crippen LogP contribution in [-0.2, 0) is 0 Å². The summed E-state index contributed by atoms with van der Waals surface area (Å²) in [6.45, 7) is 0. The van der Waals surface area contributed by atoms with E-state index in [2.05, 4.69) is 32.7 Å². The quantitative estimate of drug-likeness (QED) is 0.397. The number of rotatable bonds is 2. The third-order valence-electron chi connectivity index (χ3n) is 2.71. The number of fused-ring (bicyclic) bond motifs is 1. The van der Waals surface area contributed by atoms with Crippen LogP contribution in [-0.4, -0.2) is 19.7 Å². The SMILES string of the molecule is O=[N+]([O-])c1cncc(-n2nc(I)c3ccccc32)c1. The first kappa shape index (κ1) is 12.0. The zero-order valence-electron chi connectivity index (χ0n) is 9.52. The molecule has 2 aromatic heterocycles. The zero-order chi connectivity index (χ0) is 13.4. The van der Waals surface area contributed by atoms with Gasteiger partial charge < -0.3 is 0 Å². The highest BCUT2D eigenvalue weighted by Crippen LogP contribution is 2.24. The number of hydrogen-bond acceptors (Lipinski definition) is 4. The third-order valence-corrected chi connectivity index (χ3v) is 3.50. The number of benzene rings is 1. The fourth-order valence-electron chi connectivity index (χ4n) is 1.86. The normalized spacial score (nSPS) is 10.8. The Balaban J connectivity index is 2.25. The number of nitro groups is 1. The summed E-state index contributed by atoms with van der Waals surface area (Å²) in [5, 5.41) is 16.2. The Morgan fingerprint density at radius 3 is 2.84 bits per heavy atom. The molecule has 0 amide bonds. The highest BCUT2D eigenvalue weighted by molar-refractivity contribution is 14.1. The summed E-state index contributed by atoms with van der Waals surface area (Å²) in [5.74, 6) is 0. The molecule has 6 nitrogen and oxygen atoms in total. The van der Waals surface area contributed by atoms with Crippen LogP contribution >= 0.6 is 22.6 Å². The van der Waals surface area contributed by atoms with E-state index in [0.29, 0.717) is 5.69 Å².